The third kappa shape index (κ3) is 0.829. The van der Waals surface area contributed by atoms with Gasteiger partial charge in [-0.25, -0.2) is 4.98 Å². The van der Waals surface area contributed by atoms with E-state index in [1.807, 2.05) is 6.92 Å². The summed E-state index contributed by atoms with van der Waals surface area (Å²) in [5, 5.41) is 0. The third-order valence-electron chi connectivity index (χ3n) is 3.07. The van der Waals surface area contributed by atoms with Crippen molar-refractivity contribution in [2.24, 2.45) is 11.1 Å². The second kappa shape index (κ2) is 2.10. The predicted molar refractivity (Wildman–Crippen MR) is 47.8 cm³/mol. The molecule has 2 atom stereocenters. The summed E-state index contributed by atoms with van der Waals surface area (Å²) >= 11 is 0. The van der Waals surface area contributed by atoms with Gasteiger partial charge in [0.15, 0.2) is 0 Å². The van der Waals surface area contributed by atoms with E-state index >= 15 is 0 Å². The van der Waals surface area contributed by atoms with Gasteiger partial charge in [-0.15, -0.1) is 0 Å². The molecular weight excluding hydrogens is 150 g/mol. The number of aromatic nitrogens is 2. The summed E-state index contributed by atoms with van der Waals surface area (Å²) in [6.45, 7) is 6.43. The first kappa shape index (κ1) is 7.80. The van der Waals surface area contributed by atoms with Gasteiger partial charge in [0.1, 0.15) is 0 Å². The molecule has 1 aliphatic rings. The van der Waals surface area contributed by atoms with Crippen molar-refractivity contribution in [1.29, 1.82) is 0 Å². The molecule has 0 aromatic carbocycles. The number of H-pyrrole nitrogens is 1. The van der Waals surface area contributed by atoms with Crippen LogP contribution in [-0.4, -0.2) is 16.0 Å². The molecule has 3 N–H and O–H groups in total. The van der Waals surface area contributed by atoms with E-state index in [-0.39, 0.29) is 11.5 Å². The zero-order valence-electron chi connectivity index (χ0n) is 7.76. The van der Waals surface area contributed by atoms with Gasteiger partial charge in [0, 0.05) is 17.7 Å². The smallest absolute Gasteiger partial charge is 0.0925 e. The van der Waals surface area contributed by atoms with Gasteiger partial charge in [-0.3, -0.25) is 0 Å². The fraction of sp³-hybridized carbons (Fsp3) is 0.667. The maximum atomic E-state index is 5.95. The highest BCUT2D eigenvalue weighted by molar-refractivity contribution is 5.31. The number of rotatable bonds is 1. The molecule has 3 heteroatoms. The molecule has 12 heavy (non-hydrogen) atoms. The molecular formula is C9H15N3. The highest BCUT2D eigenvalue weighted by atomic mass is 14.9. The van der Waals surface area contributed by atoms with E-state index in [0.717, 1.165) is 11.4 Å². The fourth-order valence-corrected chi connectivity index (χ4v) is 1.88. The van der Waals surface area contributed by atoms with Crippen LogP contribution in [0.25, 0.3) is 0 Å². The Morgan fingerprint density at radius 3 is 2.50 bits per heavy atom. The lowest BCUT2D eigenvalue weighted by atomic mass is 10.1. The minimum atomic E-state index is 0.236. The number of imidazole rings is 1. The van der Waals surface area contributed by atoms with Gasteiger partial charge < -0.3 is 10.7 Å². The summed E-state index contributed by atoms with van der Waals surface area (Å²) in [6, 6.07) is 0.277. The third-order valence-corrected chi connectivity index (χ3v) is 3.07. The lowest BCUT2D eigenvalue weighted by molar-refractivity contribution is 0.595. The quantitative estimate of drug-likeness (QED) is 0.656. The highest BCUT2D eigenvalue weighted by Crippen LogP contribution is 2.57. The fourth-order valence-electron chi connectivity index (χ4n) is 1.88. The van der Waals surface area contributed by atoms with E-state index in [1.54, 1.807) is 6.33 Å². The molecule has 0 radical (unpaired) electrons. The maximum Gasteiger partial charge on any atom is 0.0925 e. The maximum absolute atomic E-state index is 5.95. The number of aryl methyl sites for hydroxylation is 1. The molecule has 0 aliphatic heterocycles. The van der Waals surface area contributed by atoms with Crippen LogP contribution in [-0.2, 0) is 0 Å². The minimum Gasteiger partial charge on any atom is -0.348 e. The average Bonchev–Trinajstić information content (AvgIpc) is 2.39. The van der Waals surface area contributed by atoms with Gasteiger partial charge in [-0.2, -0.15) is 0 Å². The summed E-state index contributed by atoms with van der Waals surface area (Å²) in [6.07, 6.45) is 1.74. The standard InChI is InChI=1S/C9H15N3/c1-5-7(12-4-11-5)6-8(10)9(6,2)3/h4,6,8H,10H2,1-3H3,(H,11,12). The minimum absolute atomic E-state index is 0.236. The Hall–Kier alpha value is -0.830. The molecule has 1 aromatic rings. The molecule has 1 fully saturated rings. The molecule has 1 aromatic heterocycles. The van der Waals surface area contributed by atoms with E-state index in [4.69, 9.17) is 5.73 Å². The first-order chi connectivity index (χ1) is 5.55. The van der Waals surface area contributed by atoms with Crippen molar-refractivity contribution in [2.75, 3.05) is 0 Å². The topological polar surface area (TPSA) is 54.7 Å². The summed E-state index contributed by atoms with van der Waals surface area (Å²) in [5.41, 5.74) is 8.49. The summed E-state index contributed by atoms with van der Waals surface area (Å²) < 4.78 is 0. The normalized spacial score (nSPS) is 32.0. The molecule has 0 amide bonds. The molecule has 0 spiro atoms. The second-order valence-electron chi connectivity index (χ2n) is 4.24. The van der Waals surface area contributed by atoms with Crippen LogP contribution in [0.4, 0.5) is 0 Å². The van der Waals surface area contributed by atoms with Crippen molar-refractivity contribution >= 4 is 0 Å². The Morgan fingerprint density at radius 2 is 2.17 bits per heavy atom. The number of nitrogens with two attached hydrogens (primary N) is 1. The SMILES string of the molecule is Cc1[nH]cnc1C1C(N)C1(C)C. The Balaban J connectivity index is 2.30. The molecule has 3 nitrogen and oxygen atoms in total. The van der Waals surface area contributed by atoms with Crippen molar-refractivity contribution in [1.82, 2.24) is 9.97 Å². The molecule has 66 valence electrons. The Morgan fingerprint density at radius 1 is 1.58 bits per heavy atom. The van der Waals surface area contributed by atoms with Crippen LogP contribution in [0.5, 0.6) is 0 Å². The van der Waals surface area contributed by atoms with E-state index in [1.165, 1.54) is 0 Å². The molecule has 2 rings (SSSR count). The number of hydrogen-bond acceptors (Lipinski definition) is 2. The number of hydrogen-bond donors (Lipinski definition) is 2. The summed E-state index contributed by atoms with van der Waals surface area (Å²) in [4.78, 5) is 7.37. The number of nitrogens with one attached hydrogen (secondary N) is 1. The monoisotopic (exact) mass is 165 g/mol. The van der Waals surface area contributed by atoms with E-state index in [2.05, 4.69) is 23.8 Å². The zero-order chi connectivity index (χ0) is 8.93. The molecule has 1 aliphatic carbocycles. The van der Waals surface area contributed by atoms with E-state index < -0.39 is 0 Å². The predicted octanol–water partition coefficient (Wildman–Crippen LogP) is 1.17. The van der Waals surface area contributed by atoms with Gasteiger partial charge in [0.2, 0.25) is 0 Å². The van der Waals surface area contributed by atoms with Crippen molar-refractivity contribution in [3.63, 3.8) is 0 Å². The average molecular weight is 165 g/mol. The molecule has 2 unspecified atom stereocenters. The van der Waals surface area contributed by atoms with Crippen LogP contribution in [0, 0.1) is 12.3 Å². The van der Waals surface area contributed by atoms with Crippen LogP contribution in [0.1, 0.15) is 31.2 Å². The van der Waals surface area contributed by atoms with Gasteiger partial charge in [0.25, 0.3) is 0 Å². The Bertz CT molecular complexity index is 300. The van der Waals surface area contributed by atoms with Gasteiger partial charge in [-0.05, 0) is 12.3 Å². The van der Waals surface area contributed by atoms with Crippen LogP contribution >= 0.6 is 0 Å². The molecule has 1 heterocycles. The Kier molecular flexibility index (Phi) is 1.37. The van der Waals surface area contributed by atoms with Gasteiger partial charge >= 0.3 is 0 Å². The first-order valence-electron chi connectivity index (χ1n) is 4.30. The molecule has 1 saturated carbocycles. The lowest BCUT2D eigenvalue weighted by Crippen LogP contribution is -2.06. The number of aromatic amines is 1. The van der Waals surface area contributed by atoms with Crippen LogP contribution in [0.3, 0.4) is 0 Å². The molecule has 0 saturated heterocycles. The zero-order valence-corrected chi connectivity index (χ0v) is 7.76. The van der Waals surface area contributed by atoms with E-state index in [9.17, 15) is 0 Å². The highest BCUT2D eigenvalue weighted by Gasteiger charge is 2.57. The van der Waals surface area contributed by atoms with Crippen molar-refractivity contribution < 1.29 is 0 Å². The summed E-state index contributed by atoms with van der Waals surface area (Å²) in [5.74, 6) is 0.448. The lowest BCUT2D eigenvalue weighted by Gasteiger charge is -1.99. The van der Waals surface area contributed by atoms with Gasteiger partial charge in [-0.1, -0.05) is 13.8 Å². The van der Waals surface area contributed by atoms with Crippen molar-refractivity contribution in [3.05, 3.63) is 17.7 Å². The van der Waals surface area contributed by atoms with Crippen molar-refractivity contribution in [2.45, 2.75) is 32.7 Å². The van der Waals surface area contributed by atoms with Crippen LogP contribution in [0.15, 0.2) is 6.33 Å². The number of nitrogens with zero attached hydrogens (tertiary/aromatic N) is 1. The van der Waals surface area contributed by atoms with Gasteiger partial charge in [0.05, 0.1) is 12.0 Å². The second-order valence-corrected chi connectivity index (χ2v) is 4.24. The first-order valence-corrected chi connectivity index (χ1v) is 4.30. The largest absolute Gasteiger partial charge is 0.348 e. The summed E-state index contributed by atoms with van der Waals surface area (Å²) in [7, 11) is 0. The van der Waals surface area contributed by atoms with Crippen LogP contribution < -0.4 is 5.73 Å². The molecule has 0 bridgehead atoms. The van der Waals surface area contributed by atoms with Crippen LogP contribution in [0.2, 0.25) is 0 Å². The Labute approximate surface area is 72.4 Å². The van der Waals surface area contributed by atoms with Crippen molar-refractivity contribution in [3.8, 4) is 0 Å². The van der Waals surface area contributed by atoms with E-state index in [0.29, 0.717) is 5.92 Å².